The first-order valence-electron chi connectivity index (χ1n) is 10.7. The van der Waals surface area contributed by atoms with E-state index in [4.69, 9.17) is 0 Å². The van der Waals surface area contributed by atoms with Crippen LogP contribution in [0.1, 0.15) is 65.2 Å². The van der Waals surface area contributed by atoms with Gasteiger partial charge in [-0.2, -0.15) is 0 Å². The van der Waals surface area contributed by atoms with Crippen molar-refractivity contribution in [3.05, 3.63) is 0 Å². The summed E-state index contributed by atoms with van der Waals surface area (Å²) in [5, 5.41) is 6.76. The van der Waals surface area contributed by atoms with Crippen LogP contribution in [0.3, 0.4) is 0 Å². The van der Waals surface area contributed by atoms with Crippen LogP contribution < -0.4 is 10.6 Å². The highest BCUT2D eigenvalue weighted by Crippen LogP contribution is 2.16. The van der Waals surface area contributed by atoms with Crippen LogP contribution in [0, 0.1) is 0 Å². The molecule has 1 atom stereocenters. The average Bonchev–Trinajstić information content (AvgIpc) is 3.04. The minimum absolute atomic E-state index is 0.307. The van der Waals surface area contributed by atoms with Gasteiger partial charge in [-0.15, -0.1) is 0 Å². The molecule has 0 aromatic carbocycles. The predicted octanol–water partition coefficient (Wildman–Crippen LogP) is 2.21. The molecule has 26 heavy (non-hydrogen) atoms. The first kappa shape index (κ1) is 21.0. The molecular formula is C20H39N5O. The molecule has 2 fully saturated rings. The Morgan fingerprint density at radius 2 is 2.00 bits per heavy atom. The van der Waals surface area contributed by atoms with Crippen molar-refractivity contribution in [2.75, 3.05) is 45.8 Å². The number of nitrogens with one attached hydrogen (secondary N) is 2. The fourth-order valence-corrected chi connectivity index (χ4v) is 3.87. The Hall–Kier alpha value is -1.30. The fourth-order valence-electron chi connectivity index (χ4n) is 3.87. The van der Waals surface area contributed by atoms with Crippen molar-refractivity contribution in [2.24, 2.45) is 4.99 Å². The highest BCUT2D eigenvalue weighted by molar-refractivity contribution is 5.79. The van der Waals surface area contributed by atoms with Crippen molar-refractivity contribution in [3.63, 3.8) is 0 Å². The largest absolute Gasteiger partial charge is 0.357 e. The Balaban J connectivity index is 1.56. The van der Waals surface area contributed by atoms with Crippen molar-refractivity contribution < 1.29 is 4.79 Å². The molecule has 0 aliphatic carbocycles. The van der Waals surface area contributed by atoms with Crippen LogP contribution in [0.2, 0.25) is 0 Å². The zero-order valence-corrected chi connectivity index (χ0v) is 16.9. The number of guanidine groups is 1. The number of likely N-dealkylation sites (tertiary alicyclic amines) is 2. The van der Waals surface area contributed by atoms with E-state index in [2.05, 4.69) is 34.4 Å². The zero-order valence-electron chi connectivity index (χ0n) is 16.9. The first-order valence-corrected chi connectivity index (χ1v) is 10.7. The maximum absolute atomic E-state index is 11.6. The maximum atomic E-state index is 11.6. The highest BCUT2D eigenvalue weighted by Gasteiger charge is 2.19. The van der Waals surface area contributed by atoms with Gasteiger partial charge in [0.25, 0.3) is 0 Å². The lowest BCUT2D eigenvalue weighted by Gasteiger charge is -2.33. The fraction of sp³-hybridized carbons (Fsp3) is 0.900. The van der Waals surface area contributed by atoms with Crippen molar-refractivity contribution in [2.45, 2.75) is 71.3 Å². The third-order valence-electron chi connectivity index (χ3n) is 5.48. The number of hydrogen-bond acceptors (Lipinski definition) is 3. The molecule has 2 aliphatic heterocycles. The molecule has 2 N–H and O–H groups in total. The first-order chi connectivity index (χ1) is 12.7. The van der Waals surface area contributed by atoms with Crippen molar-refractivity contribution in [1.82, 2.24) is 20.4 Å². The third kappa shape index (κ3) is 7.52. The molecule has 0 radical (unpaired) electrons. The number of unbranched alkanes of at least 4 members (excludes halogenated alkanes) is 1. The van der Waals surface area contributed by atoms with Crippen LogP contribution in [-0.4, -0.2) is 73.5 Å². The summed E-state index contributed by atoms with van der Waals surface area (Å²) in [5.74, 6) is 1.22. The van der Waals surface area contributed by atoms with E-state index < -0.39 is 0 Å². The zero-order chi connectivity index (χ0) is 18.6. The molecule has 1 unspecified atom stereocenters. The summed E-state index contributed by atoms with van der Waals surface area (Å²) in [6.45, 7) is 11.3. The summed E-state index contributed by atoms with van der Waals surface area (Å²) in [5.41, 5.74) is 0. The number of carbonyl (C=O) groups is 1. The van der Waals surface area contributed by atoms with Gasteiger partial charge in [-0.3, -0.25) is 9.79 Å². The average molecular weight is 366 g/mol. The molecule has 0 spiro atoms. The lowest BCUT2D eigenvalue weighted by Crippen LogP contribution is -2.39. The van der Waals surface area contributed by atoms with Crippen LogP contribution in [0.5, 0.6) is 0 Å². The lowest BCUT2D eigenvalue weighted by atomic mass is 10.0. The maximum Gasteiger partial charge on any atom is 0.222 e. The summed E-state index contributed by atoms with van der Waals surface area (Å²) in [6, 6.07) is 0.762. The normalized spacial score (nSPS) is 22.1. The van der Waals surface area contributed by atoms with Gasteiger partial charge < -0.3 is 20.4 Å². The number of carbonyl (C=O) groups excluding carboxylic acids is 1. The molecule has 0 bridgehead atoms. The van der Waals surface area contributed by atoms with Crippen molar-refractivity contribution >= 4 is 11.9 Å². The van der Waals surface area contributed by atoms with E-state index in [1.54, 1.807) is 0 Å². The Morgan fingerprint density at radius 1 is 1.12 bits per heavy atom. The summed E-state index contributed by atoms with van der Waals surface area (Å²) >= 11 is 0. The molecule has 2 heterocycles. The highest BCUT2D eigenvalue weighted by atomic mass is 16.2. The van der Waals surface area contributed by atoms with Gasteiger partial charge in [0, 0.05) is 45.2 Å². The quantitative estimate of drug-likeness (QED) is 0.354. The van der Waals surface area contributed by atoms with Gasteiger partial charge in [0.05, 0.1) is 0 Å². The van der Waals surface area contributed by atoms with Gasteiger partial charge in [-0.25, -0.2) is 0 Å². The molecule has 6 nitrogen and oxygen atoms in total. The minimum atomic E-state index is 0.307. The molecule has 0 aromatic rings. The van der Waals surface area contributed by atoms with E-state index in [9.17, 15) is 4.79 Å². The van der Waals surface area contributed by atoms with Crippen LogP contribution in [0.15, 0.2) is 4.99 Å². The second-order valence-electron chi connectivity index (χ2n) is 7.61. The predicted molar refractivity (Wildman–Crippen MR) is 109 cm³/mol. The Kier molecular flexibility index (Phi) is 9.82. The molecule has 150 valence electrons. The topological polar surface area (TPSA) is 60.0 Å². The Morgan fingerprint density at radius 3 is 2.73 bits per heavy atom. The van der Waals surface area contributed by atoms with E-state index in [0.717, 1.165) is 64.0 Å². The van der Waals surface area contributed by atoms with E-state index in [1.807, 2.05) is 4.90 Å². The molecule has 0 aromatic heterocycles. The second-order valence-corrected chi connectivity index (χ2v) is 7.61. The SMILES string of the molecule is CCNC(=NCCCN1CCCC1=O)NCCCCN1CCCCC1C. The van der Waals surface area contributed by atoms with Crippen molar-refractivity contribution in [3.8, 4) is 0 Å². The summed E-state index contributed by atoms with van der Waals surface area (Å²) in [6.07, 6.45) is 9.22. The number of nitrogens with zero attached hydrogens (tertiary/aromatic N) is 3. The van der Waals surface area contributed by atoms with Crippen LogP contribution >= 0.6 is 0 Å². The van der Waals surface area contributed by atoms with E-state index >= 15 is 0 Å². The monoisotopic (exact) mass is 365 g/mol. The Bertz CT molecular complexity index is 440. The van der Waals surface area contributed by atoms with Crippen LogP contribution in [0.4, 0.5) is 0 Å². The van der Waals surface area contributed by atoms with Crippen molar-refractivity contribution in [1.29, 1.82) is 0 Å². The van der Waals surface area contributed by atoms with Gasteiger partial charge >= 0.3 is 0 Å². The van der Waals surface area contributed by atoms with E-state index in [1.165, 1.54) is 45.2 Å². The minimum Gasteiger partial charge on any atom is -0.357 e. The molecule has 2 saturated heterocycles. The van der Waals surface area contributed by atoms with Gasteiger partial charge in [0.2, 0.25) is 5.91 Å². The second kappa shape index (κ2) is 12.2. The molecule has 0 saturated carbocycles. The summed E-state index contributed by atoms with van der Waals surface area (Å²) in [7, 11) is 0. The van der Waals surface area contributed by atoms with Crippen LogP contribution in [-0.2, 0) is 4.79 Å². The third-order valence-corrected chi connectivity index (χ3v) is 5.48. The standard InChI is InChI=1S/C20H39N5O/c1-3-21-20(23-13-9-17-25-16-8-11-19(25)26)22-12-5-7-15-24-14-6-4-10-18(24)2/h18H,3-17H2,1-2H3,(H2,21,22,23). The number of piperidine rings is 1. The number of aliphatic imine (C=N–C) groups is 1. The smallest absolute Gasteiger partial charge is 0.222 e. The lowest BCUT2D eigenvalue weighted by molar-refractivity contribution is -0.127. The number of hydrogen-bond donors (Lipinski definition) is 2. The number of amides is 1. The van der Waals surface area contributed by atoms with Gasteiger partial charge in [-0.05, 0) is 65.5 Å². The van der Waals surface area contributed by atoms with Crippen LogP contribution in [0.25, 0.3) is 0 Å². The van der Waals surface area contributed by atoms with Gasteiger partial charge in [0.1, 0.15) is 0 Å². The van der Waals surface area contributed by atoms with E-state index in [-0.39, 0.29) is 0 Å². The van der Waals surface area contributed by atoms with Gasteiger partial charge in [0.15, 0.2) is 5.96 Å². The molecule has 2 aliphatic rings. The molecular weight excluding hydrogens is 326 g/mol. The molecule has 1 amide bonds. The Labute approximate surface area is 159 Å². The summed E-state index contributed by atoms with van der Waals surface area (Å²) in [4.78, 5) is 20.9. The van der Waals surface area contributed by atoms with Gasteiger partial charge in [-0.1, -0.05) is 6.42 Å². The molecule has 2 rings (SSSR count). The molecule has 6 heteroatoms. The summed E-state index contributed by atoms with van der Waals surface area (Å²) < 4.78 is 0. The number of rotatable bonds is 10. The van der Waals surface area contributed by atoms with E-state index in [0.29, 0.717) is 5.91 Å².